The number of carbonyl (C=O) groups is 2. The third kappa shape index (κ3) is 6.28. The van der Waals surface area contributed by atoms with E-state index in [1.807, 2.05) is 13.0 Å². The van der Waals surface area contributed by atoms with Crippen molar-refractivity contribution in [3.8, 4) is 0 Å². The minimum atomic E-state index is -3.67. The molecule has 2 heterocycles. The molecule has 2 saturated heterocycles. The van der Waals surface area contributed by atoms with Crippen molar-refractivity contribution in [1.82, 2.24) is 19.8 Å². The third-order valence-corrected chi connectivity index (χ3v) is 8.09. The van der Waals surface area contributed by atoms with Gasteiger partial charge in [-0.05, 0) is 56.8 Å². The Morgan fingerprint density at radius 2 is 1.81 bits per heavy atom. The molecule has 2 aliphatic rings. The standard InChI is InChI=1S/C22H34N4O5S/c1-17-6-7-18(2)20(15-17)32(29,30)26-10-3-5-19(26)16-24-22(28)21(27)23-8-4-9-25-11-13-31-14-12-25/h6-7,15,19H,3-5,8-14,16H2,1-2H3,(H,23,27)(H,24,28). The Balaban J connectivity index is 1.47. The number of hydrogen-bond donors (Lipinski definition) is 2. The van der Waals surface area contributed by atoms with Crippen LogP contribution in [0, 0.1) is 13.8 Å². The molecule has 0 bridgehead atoms. The Kier molecular flexibility index (Phi) is 8.64. The highest BCUT2D eigenvalue weighted by atomic mass is 32.2. The fourth-order valence-corrected chi connectivity index (χ4v) is 6.15. The molecule has 9 nitrogen and oxygen atoms in total. The van der Waals surface area contributed by atoms with E-state index in [-0.39, 0.29) is 12.6 Å². The molecule has 0 saturated carbocycles. The van der Waals surface area contributed by atoms with Crippen LogP contribution in [-0.4, -0.2) is 88.0 Å². The molecule has 1 aromatic rings. The number of hydrogen-bond acceptors (Lipinski definition) is 6. The maximum absolute atomic E-state index is 13.2. The van der Waals surface area contributed by atoms with Crippen molar-refractivity contribution in [2.24, 2.45) is 0 Å². The van der Waals surface area contributed by atoms with Crippen LogP contribution < -0.4 is 10.6 Å². The van der Waals surface area contributed by atoms with E-state index in [1.54, 1.807) is 19.1 Å². The summed E-state index contributed by atoms with van der Waals surface area (Å²) in [7, 11) is -3.67. The van der Waals surface area contributed by atoms with E-state index in [0.717, 1.165) is 51.3 Å². The molecule has 2 aliphatic heterocycles. The van der Waals surface area contributed by atoms with Gasteiger partial charge in [0, 0.05) is 38.8 Å². The number of nitrogens with one attached hydrogen (secondary N) is 2. The molecule has 0 aliphatic carbocycles. The second-order valence-electron chi connectivity index (χ2n) is 8.45. The van der Waals surface area contributed by atoms with Gasteiger partial charge < -0.3 is 15.4 Å². The highest BCUT2D eigenvalue weighted by Gasteiger charge is 2.36. The van der Waals surface area contributed by atoms with Gasteiger partial charge in [0.25, 0.3) is 0 Å². The fourth-order valence-electron chi connectivity index (χ4n) is 4.14. The van der Waals surface area contributed by atoms with Crippen LogP contribution >= 0.6 is 0 Å². The summed E-state index contributed by atoms with van der Waals surface area (Å²) >= 11 is 0. The van der Waals surface area contributed by atoms with Gasteiger partial charge in [-0.15, -0.1) is 0 Å². The lowest BCUT2D eigenvalue weighted by molar-refractivity contribution is -0.139. The Morgan fingerprint density at radius 1 is 1.09 bits per heavy atom. The van der Waals surface area contributed by atoms with E-state index in [0.29, 0.717) is 30.0 Å². The molecule has 178 valence electrons. The van der Waals surface area contributed by atoms with Gasteiger partial charge in [0.1, 0.15) is 0 Å². The number of carbonyl (C=O) groups excluding carboxylic acids is 2. The van der Waals surface area contributed by atoms with E-state index < -0.39 is 21.8 Å². The van der Waals surface area contributed by atoms with Crippen molar-refractivity contribution in [3.05, 3.63) is 29.3 Å². The number of aryl methyl sites for hydroxylation is 2. The molecule has 2 amide bonds. The first-order chi connectivity index (χ1) is 15.3. The normalized spacial score (nSPS) is 20.2. The first-order valence-corrected chi connectivity index (χ1v) is 12.7. The van der Waals surface area contributed by atoms with Crippen molar-refractivity contribution >= 4 is 21.8 Å². The van der Waals surface area contributed by atoms with Gasteiger partial charge in [-0.3, -0.25) is 14.5 Å². The molecule has 32 heavy (non-hydrogen) atoms. The van der Waals surface area contributed by atoms with Crippen molar-refractivity contribution in [3.63, 3.8) is 0 Å². The summed E-state index contributed by atoms with van der Waals surface area (Å²) in [5.74, 6) is -1.42. The molecular formula is C22H34N4O5S. The molecule has 1 atom stereocenters. The van der Waals surface area contributed by atoms with E-state index >= 15 is 0 Å². The molecule has 2 fully saturated rings. The number of rotatable bonds is 8. The molecule has 2 N–H and O–H groups in total. The molecule has 1 aromatic carbocycles. The maximum Gasteiger partial charge on any atom is 0.309 e. The highest BCUT2D eigenvalue weighted by molar-refractivity contribution is 7.89. The van der Waals surface area contributed by atoms with E-state index in [1.165, 1.54) is 4.31 Å². The maximum atomic E-state index is 13.2. The molecular weight excluding hydrogens is 432 g/mol. The molecule has 0 spiro atoms. The first-order valence-electron chi connectivity index (χ1n) is 11.2. The highest BCUT2D eigenvalue weighted by Crippen LogP contribution is 2.28. The average molecular weight is 467 g/mol. The molecule has 1 unspecified atom stereocenters. The average Bonchev–Trinajstić information content (AvgIpc) is 3.27. The lowest BCUT2D eigenvalue weighted by Crippen LogP contribution is -2.47. The van der Waals surface area contributed by atoms with Crippen LogP contribution in [0.25, 0.3) is 0 Å². The van der Waals surface area contributed by atoms with E-state index in [4.69, 9.17) is 4.74 Å². The van der Waals surface area contributed by atoms with Crippen LogP contribution in [0.15, 0.2) is 23.1 Å². The zero-order valence-corrected chi connectivity index (χ0v) is 19.7. The summed E-state index contributed by atoms with van der Waals surface area (Å²) < 4.78 is 33.2. The third-order valence-electron chi connectivity index (χ3n) is 6.00. The Labute approximate surface area is 190 Å². The minimum absolute atomic E-state index is 0.115. The first kappa shape index (κ1) is 24.6. The van der Waals surface area contributed by atoms with Crippen LogP contribution in [0.5, 0.6) is 0 Å². The summed E-state index contributed by atoms with van der Waals surface area (Å²) in [6.45, 7) is 8.65. The monoisotopic (exact) mass is 466 g/mol. The van der Waals surface area contributed by atoms with Crippen LogP contribution in [0.4, 0.5) is 0 Å². The van der Waals surface area contributed by atoms with Crippen LogP contribution in [0.3, 0.4) is 0 Å². The Hall–Kier alpha value is -2.01. The van der Waals surface area contributed by atoms with E-state index in [2.05, 4.69) is 15.5 Å². The zero-order valence-electron chi connectivity index (χ0n) is 18.9. The predicted octanol–water partition coefficient (Wildman–Crippen LogP) is 0.411. The zero-order chi connectivity index (χ0) is 23.1. The van der Waals surface area contributed by atoms with Crippen LogP contribution in [0.2, 0.25) is 0 Å². The van der Waals surface area contributed by atoms with Gasteiger partial charge in [0.2, 0.25) is 10.0 Å². The predicted molar refractivity (Wildman–Crippen MR) is 121 cm³/mol. The van der Waals surface area contributed by atoms with E-state index in [9.17, 15) is 18.0 Å². The molecule has 0 aromatic heterocycles. The number of sulfonamides is 1. The summed E-state index contributed by atoms with van der Waals surface area (Å²) in [6, 6.07) is 5.01. The van der Waals surface area contributed by atoms with Gasteiger partial charge in [0.15, 0.2) is 0 Å². The Bertz CT molecular complexity index is 915. The van der Waals surface area contributed by atoms with Crippen molar-refractivity contribution in [1.29, 1.82) is 0 Å². The summed E-state index contributed by atoms with van der Waals surface area (Å²) in [6.07, 6.45) is 2.12. The second kappa shape index (κ2) is 11.2. The van der Waals surface area contributed by atoms with Gasteiger partial charge in [0.05, 0.1) is 18.1 Å². The Morgan fingerprint density at radius 3 is 2.56 bits per heavy atom. The largest absolute Gasteiger partial charge is 0.379 e. The van der Waals surface area contributed by atoms with Gasteiger partial charge in [-0.25, -0.2) is 8.42 Å². The number of morpholine rings is 1. The van der Waals surface area contributed by atoms with Crippen molar-refractivity contribution < 1.29 is 22.7 Å². The van der Waals surface area contributed by atoms with Crippen LogP contribution in [-0.2, 0) is 24.3 Å². The molecule has 10 heteroatoms. The van der Waals surface area contributed by atoms with Crippen molar-refractivity contribution in [2.45, 2.75) is 44.0 Å². The fraction of sp³-hybridized carbons (Fsp3) is 0.636. The summed E-state index contributed by atoms with van der Waals surface area (Å²) in [5.41, 5.74) is 1.57. The minimum Gasteiger partial charge on any atom is -0.379 e. The summed E-state index contributed by atoms with van der Waals surface area (Å²) in [4.78, 5) is 26.9. The number of nitrogens with zero attached hydrogens (tertiary/aromatic N) is 2. The van der Waals surface area contributed by atoms with Crippen molar-refractivity contribution in [2.75, 3.05) is 52.5 Å². The lowest BCUT2D eigenvalue weighted by Gasteiger charge is -2.26. The number of benzene rings is 1. The van der Waals surface area contributed by atoms with Gasteiger partial charge >= 0.3 is 11.8 Å². The molecule has 3 rings (SSSR count). The summed E-state index contributed by atoms with van der Waals surface area (Å²) in [5, 5.41) is 5.25. The molecule has 0 radical (unpaired) electrons. The number of ether oxygens (including phenoxy) is 1. The van der Waals surface area contributed by atoms with Gasteiger partial charge in [-0.1, -0.05) is 12.1 Å². The quantitative estimate of drug-likeness (QED) is 0.425. The SMILES string of the molecule is Cc1ccc(C)c(S(=O)(=O)N2CCCC2CNC(=O)C(=O)NCCCN2CCOCC2)c1. The second-order valence-corrected chi connectivity index (χ2v) is 10.3. The van der Waals surface area contributed by atoms with Gasteiger partial charge in [-0.2, -0.15) is 4.31 Å². The smallest absolute Gasteiger partial charge is 0.309 e. The topological polar surface area (TPSA) is 108 Å². The number of amides is 2. The van der Waals surface area contributed by atoms with Crippen LogP contribution in [0.1, 0.15) is 30.4 Å². The lowest BCUT2D eigenvalue weighted by atomic mass is 10.2.